The number of unbranched alkanes of at least 4 members (excludes halogenated alkanes) is 3. The fourth-order valence-corrected chi connectivity index (χ4v) is 2.58. The summed E-state index contributed by atoms with van der Waals surface area (Å²) in [4.78, 5) is 12.2. The van der Waals surface area contributed by atoms with Crippen LogP contribution in [-0.2, 0) is 6.54 Å². The minimum Gasteiger partial charge on any atom is -0.494 e. The predicted molar refractivity (Wildman–Crippen MR) is 109 cm³/mol. The highest BCUT2D eigenvalue weighted by Gasteiger charge is 2.08. The Balaban J connectivity index is 1.73. The molecular weight excluding hydrogens is 344 g/mol. The Morgan fingerprint density at radius 2 is 1.73 bits per heavy atom. The van der Waals surface area contributed by atoms with Gasteiger partial charge in [0.25, 0.3) is 5.91 Å². The molecule has 0 aliphatic heterocycles. The van der Waals surface area contributed by atoms with E-state index in [2.05, 4.69) is 17.6 Å². The van der Waals surface area contributed by atoms with Crippen LogP contribution >= 0.6 is 12.2 Å². The average molecular weight is 371 g/mol. The Morgan fingerprint density at radius 1 is 1.00 bits per heavy atom. The number of benzene rings is 2. The first-order chi connectivity index (χ1) is 12.7. The lowest BCUT2D eigenvalue weighted by molar-refractivity contribution is 0.0976. The molecule has 138 valence electrons. The number of hydrogen-bond donors (Lipinski definition) is 2. The zero-order valence-corrected chi connectivity index (χ0v) is 16.0. The van der Waals surface area contributed by atoms with Crippen LogP contribution in [0.2, 0.25) is 0 Å². The second-order valence-corrected chi connectivity index (χ2v) is 6.46. The molecule has 0 saturated heterocycles. The lowest BCUT2D eigenvalue weighted by Crippen LogP contribution is -2.38. The fraction of sp³-hybridized carbons (Fsp3) is 0.333. The molecule has 0 radical (unpaired) electrons. The topological polar surface area (TPSA) is 50.4 Å². The van der Waals surface area contributed by atoms with Gasteiger partial charge in [0.05, 0.1) is 6.61 Å². The summed E-state index contributed by atoms with van der Waals surface area (Å²) >= 11 is 5.18. The molecule has 0 aliphatic rings. The third-order valence-electron chi connectivity index (χ3n) is 3.91. The molecule has 2 rings (SSSR count). The molecule has 0 saturated carbocycles. The number of carbonyl (C=O) groups excluding carboxylic acids is 1. The molecule has 0 aromatic heterocycles. The number of rotatable bonds is 9. The Bertz CT molecular complexity index is 687. The van der Waals surface area contributed by atoms with Gasteiger partial charge in [-0.05, 0) is 48.5 Å². The average Bonchev–Trinajstić information content (AvgIpc) is 2.67. The molecule has 0 bridgehead atoms. The summed E-state index contributed by atoms with van der Waals surface area (Å²) in [7, 11) is 0. The Kier molecular flexibility index (Phi) is 8.63. The molecule has 0 spiro atoms. The zero-order valence-electron chi connectivity index (χ0n) is 15.2. The molecule has 0 fully saturated rings. The molecule has 1 amide bonds. The summed E-state index contributed by atoms with van der Waals surface area (Å²) in [6.07, 6.45) is 4.69. The molecule has 0 unspecified atom stereocenters. The SMILES string of the molecule is CCCCCCOc1ccc(C(=O)NC(=S)NCc2ccccc2)cc1. The van der Waals surface area contributed by atoms with Gasteiger partial charge in [0, 0.05) is 12.1 Å². The van der Waals surface area contributed by atoms with Gasteiger partial charge in [0.1, 0.15) is 5.75 Å². The monoisotopic (exact) mass is 370 g/mol. The van der Waals surface area contributed by atoms with Crippen LogP contribution in [0.1, 0.15) is 48.5 Å². The van der Waals surface area contributed by atoms with E-state index < -0.39 is 0 Å². The van der Waals surface area contributed by atoms with Gasteiger partial charge in [-0.15, -0.1) is 0 Å². The first kappa shape index (κ1) is 19.9. The molecule has 4 nitrogen and oxygen atoms in total. The minimum atomic E-state index is -0.231. The normalized spacial score (nSPS) is 10.2. The van der Waals surface area contributed by atoms with E-state index >= 15 is 0 Å². The highest BCUT2D eigenvalue weighted by Crippen LogP contribution is 2.13. The van der Waals surface area contributed by atoms with Crippen molar-refractivity contribution in [1.29, 1.82) is 0 Å². The van der Waals surface area contributed by atoms with Gasteiger partial charge in [-0.2, -0.15) is 0 Å². The Labute approximate surface area is 161 Å². The highest BCUT2D eigenvalue weighted by atomic mass is 32.1. The van der Waals surface area contributed by atoms with Crippen LogP contribution in [0, 0.1) is 0 Å². The van der Waals surface area contributed by atoms with E-state index in [1.165, 1.54) is 19.3 Å². The van der Waals surface area contributed by atoms with Gasteiger partial charge >= 0.3 is 0 Å². The summed E-state index contributed by atoms with van der Waals surface area (Å²) in [5.41, 5.74) is 1.65. The molecular formula is C21H26N2O2S. The summed E-state index contributed by atoms with van der Waals surface area (Å²) in [5, 5.41) is 6.04. The summed E-state index contributed by atoms with van der Waals surface area (Å²) in [5.74, 6) is 0.549. The number of ether oxygens (including phenoxy) is 1. The van der Waals surface area contributed by atoms with E-state index in [1.54, 1.807) is 12.1 Å². The highest BCUT2D eigenvalue weighted by molar-refractivity contribution is 7.80. The van der Waals surface area contributed by atoms with Crippen molar-refractivity contribution in [3.8, 4) is 5.75 Å². The van der Waals surface area contributed by atoms with Crippen LogP contribution < -0.4 is 15.4 Å². The van der Waals surface area contributed by atoms with Gasteiger partial charge in [0.15, 0.2) is 5.11 Å². The van der Waals surface area contributed by atoms with E-state index in [4.69, 9.17) is 17.0 Å². The zero-order chi connectivity index (χ0) is 18.6. The molecule has 0 heterocycles. The van der Waals surface area contributed by atoms with Crippen molar-refractivity contribution in [2.45, 2.75) is 39.2 Å². The largest absolute Gasteiger partial charge is 0.494 e. The maximum Gasteiger partial charge on any atom is 0.257 e. The molecule has 0 aliphatic carbocycles. The maximum absolute atomic E-state index is 12.2. The van der Waals surface area contributed by atoms with Gasteiger partial charge in [0.2, 0.25) is 0 Å². The first-order valence-electron chi connectivity index (χ1n) is 9.05. The van der Waals surface area contributed by atoms with Crippen molar-refractivity contribution in [3.05, 3.63) is 65.7 Å². The maximum atomic E-state index is 12.2. The van der Waals surface area contributed by atoms with Crippen molar-refractivity contribution in [2.24, 2.45) is 0 Å². The van der Waals surface area contributed by atoms with Gasteiger partial charge < -0.3 is 10.1 Å². The third-order valence-corrected chi connectivity index (χ3v) is 4.15. The number of hydrogen-bond acceptors (Lipinski definition) is 3. The standard InChI is InChI=1S/C21H26N2O2S/c1-2-3-4-8-15-25-19-13-11-18(12-14-19)20(24)23-21(26)22-16-17-9-6-5-7-10-17/h5-7,9-14H,2-4,8,15-16H2,1H3,(H2,22,23,24,26). The summed E-state index contributed by atoms with van der Waals surface area (Å²) in [6, 6.07) is 17.0. The number of thiocarbonyl (C=S) groups is 1. The van der Waals surface area contributed by atoms with Crippen molar-refractivity contribution in [1.82, 2.24) is 10.6 Å². The molecule has 26 heavy (non-hydrogen) atoms. The lowest BCUT2D eigenvalue weighted by atomic mass is 10.2. The lowest BCUT2D eigenvalue weighted by Gasteiger charge is -2.10. The van der Waals surface area contributed by atoms with Crippen molar-refractivity contribution >= 4 is 23.2 Å². The first-order valence-corrected chi connectivity index (χ1v) is 9.46. The van der Waals surface area contributed by atoms with Gasteiger partial charge in [-0.1, -0.05) is 56.5 Å². The second kappa shape index (κ2) is 11.3. The van der Waals surface area contributed by atoms with Gasteiger partial charge in [-0.3, -0.25) is 10.1 Å². The number of carbonyl (C=O) groups is 1. The Hall–Kier alpha value is -2.40. The second-order valence-electron chi connectivity index (χ2n) is 6.06. The molecule has 2 aromatic carbocycles. The van der Waals surface area contributed by atoms with Crippen LogP contribution in [0.4, 0.5) is 0 Å². The minimum absolute atomic E-state index is 0.231. The van der Waals surface area contributed by atoms with Crippen LogP contribution in [-0.4, -0.2) is 17.6 Å². The van der Waals surface area contributed by atoms with E-state index in [1.807, 2.05) is 42.5 Å². The fourth-order valence-electron chi connectivity index (χ4n) is 2.42. The molecule has 2 N–H and O–H groups in total. The van der Waals surface area contributed by atoms with E-state index in [0.717, 1.165) is 17.7 Å². The quantitative estimate of drug-likeness (QED) is 0.506. The van der Waals surface area contributed by atoms with Crippen LogP contribution in [0.15, 0.2) is 54.6 Å². The van der Waals surface area contributed by atoms with Crippen LogP contribution in [0.25, 0.3) is 0 Å². The molecule has 0 atom stereocenters. The van der Waals surface area contributed by atoms with Gasteiger partial charge in [-0.25, -0.2) is 0 Å². The molecule has 2 aromatic rings. The van der Waals surface area contributed by atoms with E-state index in [9.17, 15) is 4.79 Å². The van der Waals surface area contributed by atoms with Crippen LogP contribution in [0.5, 0.6) is 5.75 Å². The van der Waals surface area contributed by atoms with Crippen molar-refractivity contribution < 1.29 is 9.53 Å². The summed E-state index contributed by atoms with van der Waals surface area (Å²) in [6.45, 7) is 3.47. The number of nitrogens with one attached hydrogen (secondary N) is 2. The van der Waals surface area contributed by atoms with E-state index in [-0.39, 0.29) is 5.91 Å². The number of amides is 1. The molecule has 5 heteroatoms. The van der Waals surface area contributed by atoms with Crippen LogP contribution in [0.3, 0.4) is 0 Å². The van der Waals surface area contributed by atoms with Crippen molar-refractivity contribution in [3.63, 3.8) is 0 Å². The summed E-state index contributed by atoms with van der Waals surface area (Å²) < 4.78 is 5.69. The smallest absolute Gasteiger partial charge is 0.257 e. The van der Waals surface area contributed by atoms with E-state index in [0.29, 0.717) is 23.8 Å². The predicted octanol–water partition coefficient (Wildman–Crippen LogP) is 4.45. The Morgan fingerprint density at radius 3 is 2.42 bits per heavy atom. The third kappa shape index (κ3) is 7.23. The van der Waals surface area contributed by atoms with Crippen molar-refractivity contribution in [2.75, 3.05) is 6.61 Å².